The van der Waals surface area contributed by atoms with Crippen LogP contribution in [0.1, 0.15) is 12.3 Å². The number of oxazole rings is 1. The third-order valence-electron chi connectivity index (χ3n) is 2.37. The van der Waals surface area contributed by atoms with E-state index in [4.69, 9.17) is 21.8 Å². The van der Waals surface area contributed by atoms with E-state index in [0.717, 1.165) is 6.42 Å². The molecule has 2 aromatic rings. The maximum Gasteiger partial charge on any atom is 0.194 e. The third-order valence-corrected chi connectivity index (χ3v) is 2.75. The van der Waals surface area contributed by atoms with E-state index < -0.39 is 5.82 Å². The fourth-order valence-corrected chi connectivity index (χ4v) is 1.72. The number of hydrogen-bond donors (Lipinski definition) is 1. The van der Waals surface area contributed by atoms with Crippen LogP contribution in [0.3, 0.4) is 0 Å². The quantitative estimate of drug-likeness (QED) is 0.912. The van der Waals surface area contributed by atoms with Crippen LogP contribution in [0.5, 0.6) is 0 Å². The van der Waals surface area contributed by atoms with Crippen molar-refractivity contribution in [2.24, 2.45) is 5.73 Å². The van der Waals surface area contributed by atoms with Crippen LogP contribution in [0.15, 0.2) is 28.8 Å². The third kappa shape index (κ3) is 2.65. The summed E-state index contributed by atoms with van der Waals surface area (Å²) in [5.41, 5.74) is 5.91. The first-order valence-electron chi connectivity index (χ1n) is 5.31. The van der Waals surface area contributed by atoms with Gasteiger partial charge in [-0.25, -0.2) is 9.37 Å². The maximum absolute atomic E-state index is 13.3. The Morgan fingerprint density at radius 3 is 3.00 bits per heavy atom. The van der Waals surface area contributed by atoms with Gasteiger partial charge in [-0.1, -0.05) is 17.7 Å². The van der Waals surface area contributed by atoms with E-state index in [-0.39, 0.29) is 5.02 Å². The molecule has 0 spiro atoms. The molecule has 1 heterocycles. The van der Waals surface area contributed by atoms with Crippen LogP contribution in [0.4, 0.5) is 4.39 Å². The monoisotopic (exact) mass is 254 g/mol. The molecule has 0 radical (unpaired) electrons. The Hall–Kier alpha value is -1.39. The van der Waals surface area contributed by atoms with Gasteiger partial charge in [-0.3, -0.25) is 0 Å². The molecule has 2 rings (SSSR count). The van der Waals surface area contributed by atoms with Crippen molar-refractivity contribution in [3.8, 4) is 11.3 Å². The SMILES string of the molecule is NCCCc1ncc(-c2cccc(F)c2Cl)o1. The standard InChI is InChI=1S/C12H12ClFN2O/c13-12-8(3-1-4-9(12)14)10-7-16-11(17-10)5-2-6-15/h1,3-4,7H,2,5-6,15H2. The van der Waals surface area contributed by atoms with Crippen LogP contribution in [-0.2, 0) is 6.42 Å². The van der Waals surface area contributed by atoms with Crippen molar-refractivity contribution in [2.45, 2.75) is 12.8 Å². The number of rotatable bonds is 4. The highest BCUT2D eigenvalue weighted by atomic mass is 35.5. The average Bonchev–Trinajstić information content (AvgIpc) is 2.78. The van der Waals surface area contributed by atoms with Crippen molar-refractivity contribution in [1.82, 2.24) is 4.98 Å². The highest BCUT2D eigenvalue weighted by Gasteiger charge is 2.12. The molecule has 0 aliphatic heterocycles. The van der Waals surface area contributed by atoms with Crippen LogP contribution < -0.4 is 5.73 Å². The minimum Gasteiger partial charge on any atom is -0.441 e. The molecule has 3 nitrogen and oxygen atoms in total. The summed E-state index contributed by atoms with van der Waals surface area (Å²) in [7, 11) is 0. The highest BCUT2D eigenvalue weighted by molar-refractivity contribution is 6.33. The van der Waals surface area contributed by atoms with Crippen LogP contribution >= 0.6 is 11.6 Å². The second kappa shape index (κ2) is 5.29. The number of hydrogen-bond acceptors (Lipinski definition) is 3. The molecule has 17 heavy (non-hydrogen) atoms. The van der Waals surface area contributed by atoms with Gasteiger partial charge >= 0.3 is 0 Å². The summed E-state index contributed by atoms with van der Waals surface area (Å²) >= 11 is 5.86. The molecule has 0 amide bonds. The Labute approximate surface area is 103 Å². The summed E-state index contributed by atoms with van der Waals surface area (Å²) in [6.45, 7) is 0.582. The van der Waals surface area contributed by atoms with Gasteiger partial charge in [0.1, 0.15) is 5.82 Å². The smallest absolute Gasteiger partial charge is 0.194 e. The Morgan fingerprint density at radius 2 is 2.24 bits per heavy atom. The predicted octanol–water partition coefficient (Wildman–Crippen LogP) is 3.03. The van der Waals surface area contributed by atoms with Gasteiger partial charge in [0.05, 0.1) is 11.2 Å². The summed E-state index contributed by atoms with van der Waals surface area (Å²) in [5.74, 6) is 0.594. The number of nitrogens with zero attached hydrogens (tertiary/aromatic N) is 1. The highest BCUT2D eigenvalue weighted by Crippen LogP contribution is 2.30. The molecule has 0 atom stereocenters. The van der Waals surface area contributed by atoms with Gasteiger partial charge in [0.2, 0.25) is 0 Å². The summed E-state index contributed by atoms with van der Waals surface area (Å²) in [6.07, 6.45) is 3.02. The Morgan fingerprint density at radius 1 is 1.41 bits per heavy atom. The number of aryl methyl sites for hydroxylation is 1. The molecule has 0 saturated carbocycles. The first kappa shape index (κ1) is 12.1. The van der Waals surface area contributed by atoms with Gasteiger partial charge < -0.3 is 10.2 Å². The van der Waals surface area contributed by atoms with Gasteiger partial charge in [-0.2, -0.15) is 0 Å². The minimum absolute atomic E-state index is 0.0500. The zero-order valence-corrected chi connectivity index (χ0v) is 9.88. The van der Waals surface area contributed by atoms with Crippen LogP contribution in [-0.4, -0.2) is 11.5 Å². The zero-order chi connectivity index (χ0) is 12.3. The summed E-state index contributed by atoms with van der Waals surface area (Å²) < 4.78 is 18.8. The van der Waals surface area contributed by atoms with Gasteiger partial charge in [0.25, 0.3) is 0 Å². The van der Waals surface area contributed by atoms with Gasteiger partial charge in [0.15, 0.2) is 11.7 Å². The van der Waals surface area contributed by atoms with Crippen molar-refractivity contribution >= 4 is 11.6 Å². The van der Waals surface area contributed by atoms with Gasteiger partial charge in [-0.15, -0.1) is 0 Å². The van der Waals surface area contributed by atoms with E-state index in [1.165, 1.54) is 6.07 Å². The Balaban J connectivity index is 2.27. The lowest BCUT2D eigenvalue weighted by molar-refractivity contribution is 0.499. The number of halogens is 2. The van der Waals surface area contributed by atoms with Gasteiger partial charge in [-0.05, 0) is 25.1 Å². The molecule has 2 N–H and O–H groups in total. The summed E-state index contributed by atoms with van der Waals surface area (Å²) in [6, 6.07) is 4.58. The topological polar surface area (TPSA) is 52.0 Å². The van der Waals surface area contributed by atoms with Gasteiger partial charge in [0, 0.05) is 12.0 Å². The molecule has 5 heteroatoms. The predicted molar refractivity (Wildman–Crippen MR) is 64.3 cm³/mol. The fraction of sp³-hybridized carbons (Fsp3) is 0.250. The number of aromatic nitrogens is 1. The molecule has 0 unspecified atom stereocenters. The van der Waals surface area contributed by atoms with Crippen molar-refractivity contribution in [3.05, 3.63) is 41.1 Å². The normalized spacial score (nSPS) is 10.8. The molecule has 0 bridgehead atoms. The molecule has 0 fully saturated rings. The molecule has 1 aromatic carbocycles. The Bertz CT molecular complexity index is 513. The van der Waals surface area contributed by atoms with Crippen molar-refractivity contribution < 1.29 is 8.81 Å². The lowest BCUT2D eigenvalue weighted by Gasteiger charge is -2.00. The lowest BCUT2D eigenvalue weighted by atomic mass is 10.2. The van der Waals surface area contributed by atoms with E-state index in [0.29, 0.717) is 30.2 Å². The van der Waals surface area contributed by atoms with E-state index in [2.05, 4.69) is 4.98 Å². The Kier molecular flexibility index (Phi) is 3.76. The van der Waals surface area contributed by atoms with E-state index >= 15 is 0 Å². The van der Waals surface area contributed by atoms with Crippen LogP contribution in [0.25, 0.3) is 11.3 Å². The minimum atomic E-state index is -0.468. The van der Waals surface area contributed by atoms with Crippen molar-refractivity contribution in [2.75, 3.05) is 6.54 Å². The van der Waals surface area contributed by atoms with Crippen molar-refractivity contribution in [3.63, 3.8) is 0 Å². The van der Waals surface area contributed by atoms with Crippen LogP contribution in [0.2, 0.25) is 5.02 Å². The lowest BCUT2D eigenvalue weighted by Crippen LogP contribution is -2.00. The molecule has 0 saturated heterocycles. The molecule has 1 aromatic heterocycles. The van der Waals surface area contributed by atoms with E-state index in [9.17, 15) is 4.39 Å². The summed E-state index contributed by atoms with van der Waals surface area (Å²) in [5, 5.41) is 0.0500. The average molecular weight is 255 g/mol. The number of benzene rings is 1. The molecule has 0 aliphatic rings. The molecule has 90 valence electrons. The first-order valence-corrected chi connectivity index (χ1v) is 5.69. The number of nitrogens with two attached hydrogens (primary N) is 1. The van der Waals surface area contributed by atoms with Crippen LogP contribution in [0, 0.1) is 5.82 Å². The first-order chi connectivity index (χ1) is 8.22. The summed E-state index contributed by atoms with van der Waals surface area (Å²) in [4.78, 5) is 4.10. The maximum atomic E-state index is 13.3. The molecular formula is C12H12ClFN2O. The van der Waals surface area contributed by atoms with Crippen molar-refractivity contribution in [1.29, 1.82) is 0 Å². The largest absolute Gasteiger partial charge is 0.441 e. The van der Waals surface area contributed by atoms with E-state index in [1.54, 1.807) is 18.3 Å². The second-order valence-corrected chi connectivity index (χ2v) is 3.99. The second-order valence-electron chi connectivity index (χ2n) is 3.61. The fourth-order valence-electron chi connectivity index (χ4n) is 1.50. The van der Waals surface area contributed by atoms with E-state index in [1.807, 2.05) is 0 Å². The molecule has 0 aliphatic carbocycles. The zero-order valence-electron chi connectivity index (χ0n) is 9.12. The molecular weight excluding hydrogens is 243 g/mol.